The summed E-state index contributed by atoms with van der Waals surface area (Å²) in [4.78, 5) is 9.49. The molecule has 16 heavy (non-hydrogen) atoms. The molecule has 4 nitrogen and oxygen atoms in total. The summed E-state index contributed by atoms with van der Waals surface area (Å²) in [7, 11) is 0. The van der Waals surface area contributed by atoms with Crippen molar-refractivity contribution < 1.29 is 0 Å². The van der Waals surface area contributed by atoms with Crippen molar-refractivity contribution in [2.24, 2.45) is 10.7 Å². The third-order valence-electron chi connectivity index (χ3n) is 4.68. The third-order valence-corrected chi connectivity index (χ3v) is 4.68. The van der Waals surface area contributed by atoms with Gasteiger partial charge in [-0.2, -0.15) is 0 Å². The van der Waals surface area contributed by atoms with Gasteiger partial charge in [-0.25, -0.2) is 0 Å². The molecule has 3 heterocycles. The number of hydrogen-bond donors (Lipinski definition) is 1. The molecule has 2 unspecified atom stereocenters. The summed E-state index contributed by atoms with van der Waals surface area (Å²) in [6.45, 7) is 6.67. The molecule has 3 rings (SSSR count). The van der Waals surface area contributed by atoms with E-state index in [1.807, 2.05) is 0 Å². The summed E-state index contributed by atoms with van der Waals surface area (Å²) in [5, 5.41) is 0. The molecule has 0 saturated carbocycles. The number of nitrogens with zero attached hydrogens (tertiary/aromatic N) is 3. The lowest BCUT2D eigenvalue weighted by atomic mass is 9.82. The SMILES string of the molecule is CCN1C(N)=NCC12CCN1CCCC1C2. The Kier molecular flexibility index (Phi) is 2.35. The van der Waals surface area contributed by atoms with E-state index < -0.39 is 0 Å². The first-order chi connectivity index (χ1) is 7.75. The Hall–Kier alpha value is -0.770. The highest BCUT2D eigenvalue weighted by molar-refractivity contribution is 5.81. The number of piperidine rings is 1. The monoisotopic (exact) mass is 222 g/mol. The highest BCUT2D eigenvalue weighted by Gasteiger charge is 2.47. The smallest absolute Gasteiger partial charge is 0.191 e. The summed E-state index contributed by atoms with van der Waals surface area (Å²) in [6, 6.07) is 0.795. The molecule has 3 aliphatic rings. The van der Waals surface area contributed by atoms with Crippen molar-refractivity contribution in [1.82, 2.24) is 9.80 Å². The number of likely N-dealkylation sites (N-methyl/N-ethyl adjacent to an activating group) is 1. The minimum absolute atomic E-state index is 0.268. The van der Waals surface area contributed by atoms with Crippen molar-refractivity contribution >= 4 is 5.96 Å². The largest absolute Gasteiger partial charge is 0.370 e. The third kappa shape index (κ3) is 1.35. The van der Waals surface area contributed by atoms with Gasteiger partial charge in [0.2, 0.25) is 0 Å². The lowest BCUT2D eigenvalue weighted by Gasteiger charge is -2.47. The van der Waals surface area contributed by atoms with E-state index in [2.05, 4.69) is 21.7 Å². The molecule has 0 bridgehead atoms. The van der Waals surface area contributed by atoms with Gasteiger partial charge >= 0.3 is 0 Å². The standard InChI is InChI=1S/C12H22N4/c1-2-16-11(13)14-9-12(16)5-7-15-6-3-4-10(15)8-12/h10H,2-9H2,1H3,(H2,13,14). The Morgan fingerprint density at radius 2 is 2.38 bits per heavy atom. The van der Waals surface area contributed by atoms with Gasteiger partial charge in [-0.3, -0.25) is 4.99 Å². The van der Waals surface area contributed by atoms with E-state index in [4.69, 9.17) is 5.73 Å². The van der Waals surface area contributed by atoms with Crippen molar-refractivity contribution in [3.05, 3.63) is 0 Å². The first kappa shape index (κ1) is 10.4. The van der Waals surface area contributed by atoms with Crippen LogP contribution in [-0.2, 0) is 0 Å². The quantitative estimate of drug-likeness (QED) is 0.708. The predicted octanol–water partition coefficient (Wildman–Crippen LogP) is 0.634. The van der Waals surface area contributed by atoms with E-state index in [1.165, 1.54) is 38.8 Å². The molecule has 4 heteroatoms. The Morgan fingerprint density at radius 1 is 1.50 bits per heavy atom. The molecule has 90 valence electrons. The van der Waals surface area contributed by atoms with E-state index >= 15 is 0 Å². The van der Waals surface area contributed by atoms with Crippen LogP contribution in [-0.4, -0.2) is 53.5 Å². The molecule has 2 atom stereocenters. The molecule has 0 aromatic heterocycles. The van der Waals surface area contributed by atoms with Gasteiger partial charge in [-0.1, -0.05) is 0 Å². The zero-order valence-electron chi connectivity index (χ0n) is 10.2. The molecular weight excluding hydrogens is 200 g/mol. The van der Waals surface area contributed by atoms with Gasteiger partial charge < -0.3 is 15.5 Å². The van der Waals surface area contributed by atoms with Crippen LogP contribution in [0.4, 0.5) is 0 Å². The van der Waals surface area contributed by atoms with Gasteiger partial charge in [0.05, 0.1) is 12.1 Å². The Bertz CT molecular complexity index is 314. The van der Waals surface area contributed by atoms with Crippen molar-refractivity contribution in [2.45, 2.75) is 44.2 Å². The number of hydrogen-bond acceptors (Lipinski definition) is 4. The van der Waals surface area contributed by atoms with Crippen molar-refractivity contribution in [1.29, 1.82) is 0 Å². The number of aliphatic imine (C=N–C) groups is 1. The number of fused-ring (bicyclic) bond motifs is 1. The molecule has 0 aliphatic carbocycles. The average molecular weight is 222 g/mol. The molecule has 3 aliphatic heterocycles. The maximum absolute atomic E-state index is 5.99. The fourth-order valence-electron chi connectivity index (χ4n) is 3.84. The highest BCUT2D eigenvalue weighted by atomic mass is 15.4. The van der Waals surface area contributed by atoms with Gasteiger partial charge in [-0.15, -0.1) is 0 Å². The van der Waals surface area contributed by atoms with Gasteiger partial charge in [0.15, 0.2) is 5.96 Å². The average Bonchev–Trinajstić information content (AvgIpc) is 2.84. The predicted molar refractivity (Wildman–Crippen MR) is 65.4 cm³/mol. The highest BCUT2D eigenvalue weighted by Crippen LogP contribution is 2.39. The Balaban J connectivity index is 1.79. The molecule has 2 saturated heterocycles. The molecule has 0 aromatic rings. The number of nitrogens with two attached hydrogens (primary N) is 1. The lowest BCUT2D eigenvalue weighted by molar-refractivity contribution is 0.0655. The summed E-state index contributed by atoms with van der Waals surface area (Å²) < 4.78 is 0. The van der Waals surface area contributed by atoms with Gasteiger partial charge in [-0.05, 0) is 39.2 Å². The van der Waals surface area contributed by atoms with Crippen LogP contribution in [0.2, 0.25) is 0 Å². The topological polar surface area (TPSA) is 44.9 Å². The second-order valence-corrected chi connectivity index (χ2v) is 5.43. The van der Waals surface area contributed by atoms with Crippen LogP contribution >= 0.6 is 0 Å². The zero-order chi connectivity index (χ0) is 11.2. The molecule has 0 radical (unpaired) electrons. The molecule has 2 fully saturated rings. The van der Waals surface area contributed by atoms with Gasteiger partial charge in [0.1, 0.15) is 0 Å². The minimum atomic E-state index is 0.268. The summed E-state index contributed by atoms with van der Waals surface area (Å²) >= 11 is 0. The summed E-state index contributed by atoms with van der Waals surface area (Å²) in [5.41, 5.74) is 6.26. The van der Waals surface area contributed by atoms with E-state index in [9.17, 15) is 0 Å². The second-order valence-electron chi connectivity index (χ2n) is 5.43. The summed E-state index contributed by atoms with van der Waals surface area (Å²) in [5.74, 6) is 0.772. The van der Waals surface area contributed by atoms with Crippen LogP contribution in [0.1, 0.15) is 32.6 Å². The molecule has 0 aromatic carbocycles. The fraction of sp³-hybridized carbons (Fsp3) is 0.917. The molecule has 1 spiro atoms. The minimum Gasteiger partial charge on any atom is -0.370 e. The first-order valence-corrected chi connectivity index (χ1v) is 6.57. The van der Waals surface area contributed by atoms with E-state index in [0.29, 0.717) is 0 Å². The number of guanidine groups is 1. The van der Waals surface area contributed by atoms with Crippen molar-refractivity contribution in [3.8, 4) is 0 Å². The van der Waals surface area contributed by atoms with Crippen LogP contribution < -0.4 is 5.73 Å². The maximum atomic E-state index is 5.99. The normalized spacial score (nSPS) is 39.2. The summed E-state index contributed by atoms with van der Waals surface area (Å²) in [6.07, 6.45) is 5.26. The van der Waals surface area contributed by atoms with E-state index in [-0.39, 0.29) is 5.54 Å². The second kappa shape index (κ2) is 3.62. The van der Waals surface area contributed by atoms with Crippen LogP contribution in [0, 0.1) is 0 Å². The van der Waals surface area contributed by atoms with Crippen LogP contribution in [0.25, 0.3) is 0 Å². The molecule has 2 N–H and O–H groups in total. The van der Waals surface area contributed by atoms with Crippen LogP contribution in [0.15, 0.2) is 4.99 Å². The number of rotatable bonds is 1. The molecule has 0 amide bonds. The van der Waals surface area contributed by atoms with E-state index in [1.54, 1.807) is 0 Å². The Labute approximate surface area is 97.5 Å². The van der Waals surface area contributed by atoms with Crippen molar-refractivity contribution in [3.63, 3.8) is 0 Å². The van der Waals surface area contributed by atoms with E-state index in [0.717, 1.165) is 25.1 Å². The lowest BCUT2D eigenvalue weighted by Crippen LogP contribution is -2.58. The fourth-order valence-corrected chi connectivity index (χ4v) is 3.84. The Morgan fingerprint density at radius 3 is 3.19 bits per heavy atom. The maximum Gasteiger partial charge on any atom is 0.191 e. The van der Waals surface area contributed by atoms with Gasteiger partial charge in [0, 0.05) is 19.1 Å². The first-order valence-electron chi connectivity index (χ1n) is 6.57. The zero-order valence-corrected chi connectivity index (χ0v) is 10.2. The van der Waals surface area contributed by atoms with Crippen LogP contribution in [0.3, 0.4) is 0 Å². The van der Waals surface area contributed by atoms with Crippen molar-refractivity contribution in [2.75, 3.05) is 26.2 Å². The molecular formula is C12H22N4. The van der Waals surface area contributed by atoms with Crippen LogP contribution in [0.5, 0.6) is 0 Å². The van der Waals surface area contributed by atoms with Gasteiger partial charge in [0.25, 0.3) is 0 Å².